The van der Waals surface area contributed by atoms with E-state index in [2.05, 4.69) is 5.32 Å². The van der Waals surface area contributed by atoms with E-state index in [9.17, 15) is 9.59 Å². The van der Waals surface area contributed by atoms with Crippen molar-refractivity contribution >= 4 is 11.8 Å². The molecule has 21 heavy (non-hydrogen) atoms. The van der Waals surface area contributed by atoms with Crippen molar-refractivity contribution in [2.75, 3.05) is 13.2 Å². The second-order valence-corrected chi connectivity index (χ2v) is 7.91. The number of nitrogens with one attached hydrogen (secondary N) is 1. The van der Waals surface area contributed by atoms with Crippen LogP contribution >= 0.6 is 0 Å². The third-order valence-corrected chi connectivity index (χ3v) is 4.54. The molecule has 0 aromatic carbocycles. The van der Waals surface area contributed by atoms with Crippen LogP contribution in [0.5, 0.6) is 0 Å². The predicted molar refractivity (Wildman–Crippen MR) is 80.8 cm³/mol. The fourth-order valence-electron chi connectivity index (χ4n) is 2.86. The molecule has 0 aromatic heterocycles. The van der Waals surface area contributed by atoms with Crippen molar-refractivity contribution in [2.45, 2.75) is 71.1 Å². The smallest absolute Gasteiger partial charge is 0.249 e. The Labute approximate surface area is 127 Å². The highest BCUT2D eigenvalue weighted by molar-refractivity contribution is 6.02. The Hall–Kier alpha value is -1.10. The molecule has 0 radical (unpaired) electrons. The highest BCUT2D eigenvalue weighted by Crippen LogP contribution is 2.43. The highest BCUT2D eigenvalue weighted by atomic mass is 16.5. The van der Waals surface area contributed by atoms with Gasteiger partial charge in [0.05, 0.1) is 12.2 Å². The third kappa shape index (κ3) is 3.07. The van der Waals surface area contributed by atoms with E-state index in [4.69, 9.17) is 4.74 Å². The molecule has 0 bridgehead atoms. The van der Waals surface area contributed by atoms with Gasteiger partial charge in [-0.05, 0) is 60.3 Å². The zero-order valence-corrected chi connectivity index (χ0v) is 14.1. The van der Waals surface area contributed by atoms with Gasteiger partial charge in [0, 0.05) is 6.54 Å². The molecule has 1 heterocycles. The summed E-state index contributed by atoms with van der Waals surface area (Å²) in [4.78, 5) is 27.0. The van der Waals surface area contributed by atoms with Crippen molar-refractivity contribution in [3.8, 4) is 0 Å². The molecule has 0 spiro atoms. The molecule has 0 aromatic rings. The quantitative estimate of drug-likeness (QED) is 0.859. The van der Waals surface area contributed by atoms with E-state index in [-0.39, 0.29) is 23.3 Å². The second kappa shape index (κ2) is 4.97. The van der Waals surface area contributed by atoms with E-state index in [0.717, 1.165) is 12.8 Å². The monoisotopic (exact) mass is 296 g/mol. The molecule has 1 unspecified atom stereocenters. The summed E-state index contributed by atoms with van der Waals surface area (Å²) in [5.41, 5.74) is -1.81. The van der Waals surface area contributed by atoms with Gasteiger partial charge in [-0.3, -0.25) is 9.59 Å². The number of piperazine rings is 1. The first kappa shape index (κ1) is 16.3. The molecule has 2 amide bonds. The lowest BCUT2D eigenvalue weighted by molar-refractivity contribution is -0.163. The summed E-state index contributed by atoms with van der Waals surface area (Å²) < 4.78 is 5.73. The van der Waals surface area contributed by atoms with Crippen molar-refractivity contribution in [2.24, 2.45) is 5.92 Å². The van der Waals surface area contributed by atoms with Crippen LogP contribution in [0.4, 0.5) is 0 Å². The van der Waals surface area contributed by atoms with E-state index >= 15 is 0 Å². The molecule has 1 atom stereocenters. The Kier molecular flexibility index (Phi) is 3.85. The molecule has 2 rings (SSSR count). The van der Waals surface area contributed by atoms with Gasteiger partial charge in [0.25, 0.3) is 0 Å². The van der Waals surface area contributed by atoms with E-state index in [1.165, 1.54) is 0 Å². The van der Waals surface area contributed by atoms with Crippen molar-refractivity contribution in [3.05, 3.63) is 0 Å². The van der Waals surface area contributed by atoms with Crippen molar-refractivity contribution in [3.63, 3.8) is 0 Å². The fourth-order valence-corrected chi connectivity index (χ4v) is 2.86. The molecule has 5 heteroatoms. The topological polar surface area (TPSA) is 58.6 Å². The van der Waals surface area contributed by atoms with Crippen molar-refractivity contribution in [1.82, 2.24) is 10.2 Å². The zero-order valence-electron chi connectivity index (χ0n) is 14.1. The molecule has 2 aliphatic rings. The van der Waals surface area contributed by atoms with Crippen LogP contribution in [0.2, 0.25) is 0 Å². The van der Waals surface area contributed by atoms with Gasteiger partial charge in [-0.15, -0.1) is 0 Å². The average molecular weight is 296 g/mol. The third-order valence-electron chi connectivity index (χ3n) is 4.54. The average Bonchev–Trinajstić information content (AvgIpc) is 3.14. The number of nitrogens with zero attached hydrogens (tertiary/aromatic N) is 1. The zero-order chi connectivity index (χ0) is 16.1. The van der Waals surface area contributed by atoms with Crippen LogP contribution in [0.15, 0.2) is 0 Å². The molecular weight excluding hydrogens is 268 g/mol. The SMILES string of the molecule is CC(C)(C)OCCN1C(=O)C(C)(C2CC2)NC(=O)C1(C)C. The van der Waals surface area contributed by atoms with Crippen molar-refractivity contribution in [1.29, 1.82) is 0 Å². The van der Waals surface area contributed by atoms with Gasteiger partial charge in [-0.1, -0.05) is 0 Å². The summed E-state index contributed by atoms with van der Waals surface area (Å²) in [6, 6.07) is 0. The van der Waals surface area contributed by atoms with Gasteiger partial charge < -0.3 is 15.0 Å². The summed E-state index contributed by atoms with van der Waals surface area (Å²) in [5, 5.41) is 2.96. The number of amides is 2. The Bertz CT molecular complexity index is 449. The largest absolute Gasteiger partial charge is 0.374 e. The number of hydrogen-bond acceptors (Lipinski definition) is 3. The first-order valence-electron chi connectivity index (χ1n) is 7.77. The summed E-state index contributed by atoms with van der Waals surface area (Å²) in [6.07, 6.45) is 2.02. The molecule has 1 saturated heterocycles. The van der Waals surface area contributed by atoms with Gasteiger partial charge >= 0.3 is 0 Å². The number of hydrogen-bond donors (Lipinski definition) is 1. The second-order valence-electron chi connectivity index (χ2n) is 7.91. The van der Waals surface area contributed by atoms with Crippen LogP contribution in [0.3, 0.4) is 0 Å². The van der Waals surface area contributed by atoms with Crippen LogP contribution in [0.1, 0.15) is 54.4 Å². The predicted octanol–water partition coefficient (Wildman–Crippen LogP) is 1.71. The Morgan fingerprint density at radius 2 is 1.81 bits per heavy atom. The minimum Gasteiger partial charge on any atom is -0.374 e. The van der Waals surface area contributed by atoms with Crippen LogP contribution in [-0.2, 0) is 14.3 Å². The number of carbonyl (C=O) groups is 2. The summed E-state index contributed by atoms with van der Waals surface area (Å²) >= 11 is 0. The van der Waals surface area contributed by atoms with Crippen molar-refractivity contribution < 1.29 is 14.3 Å². The molecule has 1 N–H and O–H groups in total. The fraction of sp³-hybridized carbons (Fsp3) is 0.875. The molecule has 1 aliphatic heterocycles. The van der Waals surface area contributed by atoms with Crippen LogP contribution < -0.4 is 5.32 Å². The maximum absolute atomic E-state index is 12.9. The highest BCUT2D eigenvalue weighted by Gasteiger charge is 2.57. The number of rotatable bonds is 4. The van der Waals surface area contributed by atoms with E-state index in [1.54, 1.807) is 18.7 Å². The standard InChI is InChI=1S/C16H28N2O3/c1-14(2,3)21-10-9-18-13(20)16(6,11-7-8-11)17-12(19)15(18,4)5/h11H,7-10H2,1-6H3,(H,17,19). The molecule has 1 aliphatic carbocycles. The van der Waals surface area contributed by atoms with Crippen LogP contribution in [0.25, 0.3) is 0 Å². The van der Waals surface area contributed by atoms with Crippen LogP contribution in [0, 0.1) is 5.92 Å². The number of ether oxygens (including phenoxy) is 1. The summed E-state index contributed by atoms with van der Waals surface area (Å²) in [6.45, 7) is 12.3. The lowest BCUT2D eigenvalue weighted by Crippen LogP contribution is -2.74. The number of carbonyl (C=O) groups excluding carboxylic acids is 2. The normalized spacial score (nSPS) is 29.5. The molecule has 120 valence electrons. The first-order valence-corrected chi connectivity index (χ1v) is 7.77. The van der Waals surface area contributed by atoms with E-state index < -0.39 is 11.1 Å². The molecular formula is C16H28N2O3. The minimum atomic E-state index is -0.827. The Morgan fingerprint density at radius 1 is 1.24 bits per heavy atom. The Balaban J connectivity index is 2.14. The molecule has 1 saturated carbocycles. The van der Waals surface area contributed by atoms with Crippen LogP contribution in [-0.4, -0.2) is 46.5 Å². The van der Waals surface area contributed by atoms with Gasteiger partial charge in [-0.25, -0.2) is 0 Å². The van der Waals surface area contributed by atoms with E-state index in [0.29, 0.717) is 13.2 Å². The minimum absolute atomic E-state index is 0.0205. The maximum atomic E-state index is 12.9. The van der Waals surface area contributed by atoms with Gasteiger partial charge in [0.15, 0.2) is 0 Å². The van der Waals surface area contributed by atoms with E-state index in [1.807, 2.05) is 27.7 Å². The Morgan fingerprint density at radius 3 is 2.29 bits per heavy atom. The molecule has 5 nitrogen and oxygen atoms in total. The maximum Gasteiger partial charge on any atom is 0.249 e. The van der Waals surface area contributed by atoms with Gasteiger partial charge in [0.2, 0.25) is 11.8 Å². The lowest BCUT2D eigenvalue weighted by atomic mass is 9.85. The molecule has 2 fully saturated rings. The van der Waals surface area contributed by atoms with Gasteiger partial charge in [0.1, 0.15) is 11.1 Å². The van der Waals surface area contributed by atoms with Gasteiger partial charge in [-0.2, -0.15) is 0 Å². The lowest BCUT2D eigenvalue weighted by Gasteiger charge is -2.49. The first-order chi connectivity index (χ1) is 9.48. The summed E-state index contributed by atoms with van der Waals surface area (Å²) in [5.74, 6) is 0.218. The summed E-state index contributed by atoms with van der Waals surface area (Å²) in [7, 11) is 0.